The van der Waals surface area contributed by atoms with Crippen LogP contribution >= 0.6 is 0 Å². The van der Waals surface area contributed by atoms with Gasteiger partial charge < -0.3 is 14.8 Å². The van der Waals surface area contributed by atoms with Gasteiger partial charge >= 0.3 is 0 Å². The second-order valence-corrected chi connectivity index (χ2v) is 8.44. The van der Waals surface area contributed by atoms with E-state index in [0.717, 1.165) is 50.3 Å². The zero-order valence-corrected chi connectivity index (χ0v) is 16.4. The average Bonchev–Trinajstić information content (AvgIpc) is 3.47. The van der Waals surface area contributed by atoms with Crippen molar-refractivity contribution < 1.29 is 14.3 Å². The first-order valence-corrected chi connectivity index (χ1v) is 10.4. The maximum absolute atomic E-state index is 12.5. The molecular weight excluding hydrogens is 340 g/mol. The maximum Gasteiger partial charge on any atom is 0.234 e. The molecule has 0 aromatic heterocycles. The van der Waals surface area contributed by atoms with E-state index in [1.165, 1.54) is 12.8 Å². The van der Waals surface area contributed by atoms with Crippen LogP contribution in [0.4, 0.5) is 0 Å². The van der Waals surface area contributed by atoms with E-state index < -0.39 is 0 Å². The number of hydrogen-bond donors (Lipinski definition) is 1. The predicted molar refractivity (Wildman–Crippen MR) is 104 cm³/mol. The van der Waals surface area contributed by atoms with E-state index in [1.54, 1.807) is 0 Å². The number of fused-ring (bicyclic) bond motifs is 1. The summed E-state index contributed by atoms with van der Waals surface area (Å²) in [7, 11) is 1.83. The lowest BCUT2D eigenvalue weighted by molar-refractivity contribution is -0.126. The van der Waals surface area contributed by atoms with Crippen molar-refractivity contribution in [1.29, 1.82) is 0 Å². The van der Waals surface area contributed by atoms with Crippen LogP contribution in [0.15, 0.2) is 30.3 Å². The summed E-state index contributed by atoms with van der Waals surface area (Å²) in [5.74, 6) is 0.884. The molecular formula is C22H32N2O3. The monoisotopic (exact) mass is 372 g/mol. The molecule has 5 heteroatoms. The van der Waals surface area contributed by atoms with Crippen molar-refractivity contribution in [3.05, 3.63) is 35.9 Å². The van der Waals surface area contributed by atoms with Gasteiger partial charge in [0.1, 0.15) is 0 Å². The molecule has 0 bridgehead atoms. The zero-order chi connectivity index (χ0) is 18.7. The van der Waals surface area contributed by atoms with Crippen molar-refractivity contribution in [3.8, 4) is 0 Å². The molecule has 0 radical (unpaired) electrons. The minimum absolute atomic E-state index is 0.0896. The quantitative estimate of drug-likeness (QED) is 0.762. The minimum Gasteiger partial charge on any atom is -0.378 e. The number of carbonyl (C=O) groups excluding carboxylic acids is 1. The van der Waals surface area contributed by atoms with Gasteiger partial charge in [-0.3, -0.25) is 9.69 Å². The van der Waals surface area contributed by atoms with Crippen LogP contribution in [0.5, 0.6) is 0 Å². The lowest BCUT2D eigenvalue weighted by Gasteiger charge is -2.43. The highest BCUT2D eigenvalue weighted by atomic mass is 16.5. The van der Waals surface area contributed by atoms with E-state index >= 15 is 0 Å². The first kappa shape index (κ1) is 18.9. The van der Waals surface area contributed by atoms with Crippen LogP contribution in [0.2, 0.25) is 0 Å². The number of ether oxygens (including phenoxy) is 2. The van der Waals surface area contributed by atoms with Crippen molar-refractivity contribution in [1.82, 2.24) is 10.2 Å². The van der Waals surface area contributed by atoms with E-state index in [9.17, 15) is 4.79 Å². The average molecular weight is 373 g/mol. The fourth-order valence-electron chi connectivity index (χ4n) is 4.69. The summed E-state index contributed by atoms with van der Waals surface area (Å²) in [6.07, 6.45) is 7.06. The van der Waals surface area contributed by atoms with Crippen LogP contribution in [-0.4, -0.2) is 55.4 Å². The molecule has 0 spiro atoms. The third-order valence-electron chi connectivity index (χ3n) is 6.60. The molecule has 4 rings (SSSR count). The molecule has 3 aliphatic rings. The molecule has 1 saturated heterocycles. The molecule has 3 fully saturated rings. The number of rotatable bonds is 8. The first-order valence-electron chi connectivity index (χ1n) is 10.4. The number of hydrogen-bond acceptors (Lipinski definition) is 4. The Balaban J connectivity index is 1.31. The smallest absolute Gasteiger partial charge is 0.234 e. The molecule has 5 nitrogen and oxygen atoms in total. The van der Waals surface area contributed by atoms with Crippen LogP contribution < -0.4 is 5.32 Å². The second kappa shape index (κ2) is 8.29. The molecule has 1 N–H and O–H groups in total. The fourth-order valence-corrected chi connectivity index (χ4v) is 4.69. The predicted octanol–water partition coefficient (Wildman–Crippen LogP) is 2.74. The summed E-state index contributed by atoms with van der Waals surface area (Å²) in [4.78, 5) is 14.8. The number of amides is 1. The Morgan fingerprint density at radius 1 is 1.22 bits per heavy atom. The molecule has 1 heterocycles. The topological polar surface area (TPSA) is 50.8 Å². The highest BCUT2D eigenvalue weighted by Gasteiger charge is 2.51. The normalized spacial score (nSPS) is 30.9. The SMILES string of the molecule is CO[C@@]12CC[C@@H](OCC3CC3)C[C@@H]1N(CC(=O)NCc1ccccc1)CC2. The van der Waals surface area contributed by atoms with Crippen molar-refractivity contribution in [2.75, 3.05) is 26.8 Å². The lowest BCUT2D eigenvalue weighted by atomic mass is 9.79. The molecule has 0 unspecified atom stereocenters. The number of nitrogens with one attached hydrogen (secondary N) is 1. The minimum atomic E-state index is -0.0981. The molecule has 2 saturated carbocycles. The maximum atomic E-state index is 12.5. The Morgan fingerprint density at radius 3 is 2.78 bits per heavy atom. The van der Waals surface area contributed by atoms with E-state index in [0.29, 0.717) is 19.2 Å². The van der Waals surface area contributed by atoms with E-state index in [1.807, 2.05) is 37.4 Å². The molecule has 1 aromatic carbocycles. The van der Waals surface area contributed by atoms with Crippen LogP contribution in [0.1, 0.15) is 44.1 Å². The van der Waals surface area contributed by atoms with Crippen LogP contribution in [0.3, 0.4) is 0 Å². The van der Waals surface area contributed by atoms with Crippen molar-refractivity contribution in [2.45, 2.75) is 62.8 Å². The van der Waals surface area contributed by atoms with Crippen molar-refractivity contribution >= 4 is 5.91 Å². The van der Waals surface area contributed by atoms with Crippen molar-refractivity contribution in [3.63, 3.8) is 0 Å². The largest absolute Gasteiger partial charge is 0.378 e. The Labute approximate surface area is 162 Å². The Bertz CT molecular complexity index is 634. The van der Waals surface area contributed by atoms with Crippen molar-refractivity contribution in [2.24, 2.45) is 5.92 Å². The molecule has 3 atom stereocenters. The van der Waals surface area contributed by atoms with E-state index in [4.69, 9.17) is 9.47 Å². The van der Waals surface area contributed by atoms with E-state index in [2.05, 4.69) is 10.2 Å². The summed E-state index contributed by atoms with van der Waals surface area (Å²) < 4.78 is 12.2. The summed E-state index contributed by atoms with van der Waals surface area (Å²) in [5.41, 5.74) is 1.03. The fraction of sp³-hybridized carbons (Fsp3) is 0.682. The van der Waals surface area contributed by atoms with E-state index in [-0.39, 0.29) is 17.6 Å². The summed E-state index contributed by atoms with van der Waals surface area (Å²) in [6.45, 7) is 2.86. The Morgan fingerprint density at radius 2 is 2.04 bits per heavy atom. The number of nitrogens with zero attached hydrogens (tertiary/aromatic N) is 1. The highest BCUT2D eigenvalue weighted by molar-refractivity contribution is 5.78. The van der Waals surface area contributed by atoms with Gasteiger partial charge in [0.25, 0.3) is 0 Å². The molecule has 27 heavy (non-hydrogen) atoms. The van der Waals surface area contributed by atoms with Gasteiger partial charge in [0.05, 0.1) is 18.2 Å². The van der Waals surface area contributed by atoms with Gasteiger partial charge in [-0.05, 0) is 50.0 Å². The van der Waals surface area contributed by atoms with Gasteiger partial charge in [0, 0.05) is 32.8 Å². The number of benzene rings is 1. The van der Waals surface area contributed by atoms with Crippen LogP contribution in [-0.2, 0) is 20.8 Å². The third kappa shape index (κ3) is 4.53. The van der Waals surface area contributed by atoms with Crippen LogP contribution in [0, 0.1) is 5.92 Å². The molecule has 148 valence electrons. The van der Waals surface area contributed by atoms with Gasteiger partial charge in [-0.25, -0.2) is 0 Å². The van der Waals surface area contributed by atoms with Gasteiger partial charge in [-0.2, -0.15) is 0 Å². The summed E-state index contributed by atoms with van der Waals surface area (Å²) in [6, 6.07) is 10.3. The summed E-state index contributed by atoms with van der Waals surface area (Å²) >= 11 is 0. The highest BCUT2D eigenvalue weighted by Crippen LogP contribution is 2.43. The van der Waals surface area contributed by atoms with Gasteiger partial charge in [-0.1, -0.05) is 30.3 Å². The molecule has 2 aliphatic carbocycles. The number of carbonyl (C=O) groups is 1. The third-order valence-corrected chi connectivity index (χ3v) is 6.60. The Kier molecular flexibility index (Phi) is 5.81. The first-order chi connectivity index (χ1) is 13.2. The van der Waals surface area contributed by atoms with Crippen LogP contribution in [0.25, 0.3) is 0 Å². The number of likely N-dealkylation sites (tertiary alicyclic amines) is 1. The zero-order valence-electron chi connectivity index (χ0n) is 16.4. The number of methoxy groups -OCH3 is 1. The van der Waals surface area contributed by atoms with Gasteiger partial charge in [0.2, 0.25) is 5.91 Å². The molecule has 1 aromatic rings. The lowest BCUT2D eigenvalue weighted by Crippen LogP contribution is -2.53. The van der Waals surface area contributed by atoms with Gasteiger partial charge in [-0.15, -0.1) is 0 Å². The standard InChI is InChI=1S/C22H32N2O3/c1-26-22-10-9-19(27-16-18-7-8-18)13-20(22)24(12-11-22)15-21(25)23-14-17-5-3-2-4-6-17/h2-6,18-20H,7-16H2,1H3,(H,23,25)/t19-,20+,22-/m1/s1. The summed E-state index contributed by atoms with van der Waals surface area (Å²) in [5, 5.41) is 3.06. The molecule has 1 amide bonds. The Hall–Kier alpha value is -1.43. The second-order valence-electron chi connectivity index (χ2n) is 8.44. The van der Waals surface area contributed by atoms with Gasteiger partial charge in [0.15, 0.2) is 0 Å². The molecule has 1 aliphatic heterocycles.